The van der Waals surface area contributed by atoms with Gasteiger partial charge in [-0.05, 0) is 36.6 Å². The Bertz CT molecular complexity index is 563. The summed E-state index contributed by atoms with van der Waals surface area (Å²) in [6.07, 6.45) is 1.08. The normalized spacial score (nSPS) is 19.4. The summed E-state index contributed by atoms with van der Waals surface area (Å²) in [5, 5.41) is 9.75. The minimum atomic E-state index is 0.146. The van der Waals surface area contributed by atoms with Crippen molar-refractivity contribution in [2.45, 2.75) is 25.9 Å². The number of nitrogens with zero attached hydrogens (tertiary/aromatic N) is 1. The van der Waals surface area contributed by atoms with Crippen molar-refractivity contribution >= 4 is 11.3 Å². The van der Waals surface area contributed by atoms with Crippen molar-refractivity contribution < 1.29 is 5.11 Å². The molecule has 1 unspecified atom stereocenters. The van der Waals surface area contributed by atoms with Crippen LogP contribution in [-0.2, 0) is 13.0 Å². The van der Waals surface area contributed by atoms with Gasteiger partial charge in [0.2, 0.25) is 0 Å². The molecule has 0 bridgehead atoms. The van der Waals surface area contributed by atoms with Gasteiger partial charge in [0.05, 0.1) is 12.6 Å². The fourth-order valence-corrected chi connectivity index (χ4v) is 3.79. The Morgan fingerprint density at radius 3 is 2.84 bits per heavy atom. The maximum Gasteiger partial charge on any atom is 0.0628 e. The third-order valence-electron chi connectivity index (χ3n) is 3.85. The van der Waals surface area contributed by atoms with Crippen LogP contribution in [0, 0.1) is 6.92 Å². The van der Waals surface area contributed by atoms with E-state index in [4.69, 9.17) is 0 Å². The summed E-state index contributed by atoms with van der Waals surface area (Å²) in [5.41, 5.74) is 2.68. The first-order valence-electron chi connectivity index (χ1n) is 6.76. The molecule has 0 amide bonds. The van der Waals surface area contributed by atoms with Crippen LogP contribution in [0.25, 0.3) is 0 Å². The summed E-state index contributed by atoms with van der Waals surface area (Å²) < 4.78 is 0. The zero-order chi connectivity index (χ0) is 13.2. The lowest BCUT2D eigenvalue weighted by Gasteiger charge is -2.36. The van der Waals surface area contributed by atoms with Gasteiger partial charge in [0.1, 0.15) is 0 Å². The quantitative estimate of drug-likeness (QED) is 0.928. The molecule has 0 radical (unpaired) electrons. The molecule has 3 rings (SSSR count). The second-order valence-electron chi connectivity index (χ2n) is 5.13. The molecule has 1 N–H and O–H groups in total. The molecule has 1 aliphatic rings. The van der Waals surface area contributed by atoms with E-state index in [2.05, 4.69) is 48.2 Å². The van der Waals surface area contributed by atoms with Gasteiger partial charge in [-0.1, -0.05) is 24.3 Å². The van der Waals surface area contributed by atoms with Gasteiger partial charge in [0.25, 0.3) is 0 Å². The summed E-state index contributed by atoms with van der Waals surface area (Å²) in [5.74, 6) is 0. The molecule has 2 nitrogen and oxygen atoms in total. The Morgan fingerprint density at radius 2 is 2.11 bits per heavy atom. The molecule has 0 fully saturated rings. The van der Waals surface area contributed by atoms with Gasteiger partial charge in [-0.2, -0.15) is 0 Å². The Hall–Kier alpha value is -1.16. The highest BCUT2D eigenvalue weighted by molar-refractivity contribution is 7.11. The Kier molecular flexibility index (Phi) is 3.69. The molecular weight excluding hydrogens is 254 g/mol. The van der Waals surface area contributed by atoms with Gasteiger partial charge in [-0.15, -0.1) is 11.3 Å². The van der Waals surface area contributed by atoms with E-state index in [0.29, 0.717) is 0 Å². The van der Waals surface area contributed by atoms with Crippen LogP contribution in [0.5, 0.6) is 0 Å². The van der Waals surface area contributed by atoms with E-state index in [-0.39, 0.29) is 12.6 Å². The number of aryl methyl sites for hydroxylation is 1. The lowest BCUT2D eigenvalue weighted by atomic mass is 9.93. The highest BCUT2D eigenvalue weighted by Gasteiger charge is 2.26. The zero-order valence-corrected chi connectivity index (χ0v) is 12.0. The first-order valence-corrected chi connectivity index (χ1v) is 7.57. The number of benzene rings is 1. The number of hydrogen-bond acceptors (Lipinski definition) is 3. The number of aliphatic hydroxyl groups is 1. The molecule has 0 saturated carbocycles. The van der Waals surface area contributed by atoms with E-state index in [1.165, 1.54) is 20.9 Å². The number of fused-ring (bicyclic) bond motifs is 1. The number of hydrogen-bond donors (Lipinski definition) is 1. The predicted octanol–water partition coefficient (Wildman–Crippen LogP) is 3.15. The fourth-order valence-electron chi connectivity index (χ4n) is 2.88. The van der Waals surface area contributed by atoms with Crippen LogP contribution in [0.2, 0.25) is 0 Å². The van der Waals surface area contributed by atoms with Crippen molar-refractivity contribution in [3.8, 4) is 0 Å². The molecule has 19 heavy (non-hydrogen) atoms. The van der Waals surface area contributed by atoms with Gasteiger partial charge in [-0.25, -0.2) is 0 Å². The van der Waals surface area contributed by atoms with Crippen molar-refractivity contribution in [1.82, 2.24) is 4.90 Å². The third-order valence-corrected chi connectivity index (χ3v) is 4.84. The Morgan fingerprint density at radius 1 is 1.26 bits per heavy atom. The molecule has 0 saturated heterocycles. The average molecular weight is 273 g/mol. The van der Waals surface area contributed by atoms with Crippen molar-refractivity contribution in [3.63, 3.8) is 0 Å². The van der Waals surface area contributed by atoms with Gasteiger partial charge < -0.3 is 5.11 Å². The SMILES string of the molecule is Cc1ccc(CN2CCc3ccccc3C2CO)s1. The molecule has 0 spiro atoms. The van der Waals surface area contributed by atoms with Crippen LogP contribution in [0.1, 0.15) is 26.9 Å². The monoisotopic (exact) mass is 273 g/mol. The topological polar surface area (TPSA) is 23.5 Å². The minimum absolute atomic E-state index is 0.146. The number of thiophene rings is 1. The highest BCUT2D eigenvalue weighted by atomic mass is 32.1. The molecular formula is C16H19NOS. The van der Waals surface area contributed by atoms with Gasteiger partial charge >= 0.3 is 0 Å². The molecule has 1 aliphatic heterocycles. The Balaban J connectivity index is 1.84. The highest BCUT2D eigenvalue weighted by Crippen LogP contribution is 2.31. The van der Waals surface area contributed by atoms with E-state index in [1.54, 1.807) is 0 Å². The molecule has 0 aliphatic carbocycles. The molecule has 1 aromatic heterocycles. The van der Waals surface area contributed by atoms with Crippen LogP contribution >= 0.6 is 11.3 Å². The molecule has 100 valence electrons. The van der Waals surface area contributed by atoms with Crippen molar-refractivity contribution in [2.75, 3.05) is 13.2 Å². The molecule has 2 heterocycles. The van der Waals surface area contributed by atoms with Crippen LogP contribution in [0.15, 0.2) is 36.4 Å². The van der Waals surface area contributed by atoms with Gasteiger partial charge in [-0.3, -0.25) is 4.90 Å². The summed E-state index contributed by atoms with van der Waals surface area (Å²) in [4.78, 5) is 5.14. The van der Waals surface area contributed by atoms with E-state index >= 15 is 0 Å². The predicted molar refractivity (Wildman–Crippen MR) is 79.4 cm³/mol. The largest absolute Gasteiger partial charge is 0.394 e. The van der Waals surface area contributed by atoms with Gasteiger partial charge in [0.15, 0.2) is 0 Å². The Labute approximate surface area is 118 Å². The number of rotatable bonds is 3. The summed E-state index contributed by atoms with van der Waals surface area (Å²) in [6, 6.07) is 13.0. The minimum Gasteiger partial charge on any atom is -0.394 e. The lowest BCUT2D eigenvalue weighted by Crippen LogP contribution is -2.36. The molecule has 1 atom stereocenters. The lowest BCUT2D eigenvalue weighted by molar-refractivity contribution is 0.109. The van der Waals surface area contributed by atoms with Crippen molar-refractivity contribution in [2.24, 2.45) is 0 Å². The third kappa shape index (κ3) is 2.59. The summed E-state index contributed by atoms with van der Waals surface area (Å²) in [6.45, 7) is 4.31. The fraction of sp³-hybridized carbons (Fsp3) is 0.375. The van der Waals surface area contributed by atoms with E-state index in [1.807, 2.05) is 11.3 Å². The van der Waals surface area contributed by atoms with E-state index in [0.717, 1.165) is 19.5 Å². The zero-order valence-electron chi connectivity index (χ0n) is 11.2. The number of aliphatic hydroxyl groups excluding tert-OH is 1. The first-order chi connectivity index (χ1) is 9.28. The van der Waals surface area contributed by atoms with Gasteiger partial charge in [0, 0.05) is 22.8 Å². The van der Waals surface area contributed by atoms with Crippen LogP contribution in [0.4, 0.5) is 0 Å². The van der Waals surface area contributed by atoms with Crippen LogP contribution in [0.3, 0.4) is 0 Å². The van der Waals surface area contributed by atoms with Crippen LogP contribution < -0.4 is 0 Å². The second kappa shape index (κ2) is 5.45. The molecule has 3 heteroatoms. The maximum atomic E-state index is 9.75. The average Bonchev–Trinajstić information content (AvgIpc) is 2.84. The molecule has 1 aromatic carbocycles. The summed E-state index contributed by atoms with van der Waals surface area (Å²) >= 11 is 1.85. The second-order valence-corrected chi connectivity index (χ2v) is 6.50. The smallest absolute Gasteiger partial charge is 0.0628 e. The van der Waals surface area contributed by atoms with E-state index < -0.39 is 0 Å². The van der Waals surface area contributed by atoms with Crippen LogP contribution in [-0.4, -0.2) is 23.2 Å². The standard InChI is InChI=1S/C16H19NOS/c1-12-6-7-14(19-12)10-17-9-8-13-4-2-3-5-15(13)16(17)11-18/h2-7,16,18H,8-11H2,1H3. The summed E-state index contributed by atoms with van der Waals surface area (Å²) in [7, 11) is 0. The van der Waals surface area contributed by atoms with Crippen molar-refractivity contribution in [3.05, 3.63) is 57.3 Å². The molecule has 2 aromatic rings. The maximum absolute atomic E-state index is 9.75. The van der Waals surface area contributed by atoms with Crippen molar-refractivity contribution in [1.29, 1.82) is 0 Å². The van der Waals surface area contributed by atoms with E-state index in [9.17, 15) is 5.11 Å². The first kappa shape index (κ1) is 12.9.